The molecule has 0 fully saturated rings. The van der Waals surface area contributed by atoms with E-state index in [2.05, 4.69) is 10.3 Å². The zero-order valence-corrected chi connectivity index (χ0v) is 14.6. The van der Waals surface area contributed by atoms with E-state index in [1.807, 2.05) is 44.2 Å². The summed E-state index contributed by atoms with van der Waals surface area (Å²) in [5.74, 6) is 0.676. The first kappa shape index (κ1) is 16.5. The number of carbonyl (C=O) groups excluding carboxylic acids is 1. The molecule has 3 heterocycles. The van der Waals surface area contributed by atoms with Crippen molar-refractivity contribution < 1.29 is 13.9 Å². The molecule has 0 spiro atoms. The maximum absolute atomic E-state index is 12.5. The summed E-state index contributed by atoms with van der Waals surface area (Å²) in [5.41, 5.74) is -0.121. The fraction of sp³-hybridized carbons (Fsp3) is 0.316. The van der Waals surface area contributed by atoms with Gasteiger partial charge in [-0.15, -0.1) is 0 Å². The van der Waals surface area contributed by atoms with E-state index < -0.39 is 11.5 Å². The summed E-state index contributed by atoms with van der Waals surface area (Å²) in [6, 6.07) is 10.8. The summed E-state index contributed by atoms with van der Waals surface area (Å²) in [5, 5.41) is 3.73. The highest BCUT2D eigenvalue weighted by molar-refractivity contribution is 5.92. The average Bonchev–Trinajstić information content (AvgIpc) is 3.03. The molecule has 0 saturated heterocycles. The molecule has 1 aromatic carbocycles. The highest BCUT2D eigenvalue weighted by Gasteiger charge is 2.32. The molecule has 1 aliphatic heterocycles. The topological polar surface area (TPSA) is 86.4 Å². The lowest BCUT2D eigenvalue weighted by molar-refractivity contribution is -0.0564. The van der Waals surface area contributed by atoms with Gasteiger partial charge in [0, 0.05) is 11.5 Å². The number of nitrogens with one attached hydrogen (secondary N) is 1. The SMILES string of the molecule is CC1(C)OCCn2c1nc(C(=O)NCc1cc3ccccc3o1)cc2=O. The molecule has 0 bridgehead atoms. The number of para-hydroxylation sites is 1. The van der Waals surface area contributed by atoms with E-state index in [1.54, 1.807) is 4.57 Å². The third kappa shape index (κ3) is 2.90. The van der Waals surface area contributed by atoms with Crippen LogP contribution in [-0.2, 0) is 23.4 Å². The highest BCUT2D eigenvalue weighted by atomic mass is 16.5. The van der Waals surface area contributed by atoms with Crippen molar-refractivity contribution in [3.8, 4) is 0 Å². The number of benzene rings is 1. The van der Waals surface area contributed by atoms with Gasteiger partial charge in [0.25, 0.3) is 11.5 Å². The van der Waals surface area contributed by atoms with Crippen molar-refractivity contribution in [2.45, 2.75) is 32.5 Å². The van der Waals surface area contributed by atoms with Gasteiger partial charge >= 0.3 is 0 Å². The van der Waals surface area contributed by atoms with Gasteiger partial charge in [0.15, 0.2) is 0 Å². The van der Waals surface area contributed by atoms with Gasteiger partial charge in [0.05, 0.1) is 19.7 Å². The molecule has 7 nitrogen and oxygen atoms in total. The number of nitrogens with zero attached hydrogens (tertiary/aromatic N) is 2. The van der Waals surface area contributed by atoms with Gasteiger partial charge in [-0.3, -0.25) is 14.2 Å². The van der Waals surface area contributed by atoms with E-state index in [-0.39, 0.29) is 17.8 Å². The largest absolute Gasteiger partial charge is 0.459 e. The quantitative estimate of drug-likeness (QED) is 0.780. The molecule has 0 unspecified atom stereocenters. The first-order chi connectivity index (χ1) is 12.4. The molecule has 0 saturated carbocycles. The van der Waals surface area contributed by atoms with E-state index in [1.165, 1.54) is 6.07 Å². The highest BCUT2D eigenvalue weighted by Crippen LogP contribution is 2.25. The van der Waals surface area contributed by atoms with Crippen LogP contribution >= 0.6 is 0 Å². The molecule has 7 heteroatoms. The fourth-order valence-electron chi connectivity index (χ4n) is 3.14. The average molecular weight is 353 g/mol. The van der Waals surface area contributed by atoms with Crippen LogP contribution in [0.3, 0.4) is 0 Å². The van der Waals surface area contributed by atoms with Crippen LogP contribution in [0.25, 0.3) is 11.0 Å². The first-order valence-electron chi connectivity index (χ1n) is 8.46. The second-order valence-corrected chi connectivity index (χ2v) is 6.75. The minimum atomic E-state index is -0.716. The van der Waals surface area contributed by atoms with Gasteiger partial charge in [-0.05, 0) is 26.0 Å². The number of aromatic nitrogens is 2. The number of hydrogen-bond donors (Lipinski definition) is 1. The Labute approximate surface area is 149 Å². The molecular formula is C19H19N3O4. The molecule has 1 amide bonds. The van der Waals surface area contributed by atoms with Crippen LogP contribution in [0, 0.1) is 0 Å². The lowest BCUT2D eigenvalue weighted by atomic mass is 10.1. The Morgan fingerprint density at radius 3 is 2.92 bits per heavy atom. The third-order valence-corrected chi connectivity index (χ3v) is 4.46. The number of amides is 1. The van der Waals surface area contributed by atoms with E-state index in [4.69, 9.17) is 9.15 Å². The standard InChI is InChI=1S/C19H19N3O4/c1-19(2)18-21-14(10-16(23)22(18)7-8-25-19)17(24)20-11-13-9-12-5-3-4-6-15(12)26-13/h3-6,9-10H,7-8,11H2,1-2H3,(H,20,24). The van der Waals surface area contributed by atoms with Crippen LogP contribution in [0.15, 0.2) is 45.6 Å². The van der Waals surface area contributed by atoms with Crippen LogP contribution < -0.4 is 10.9 Å². The van der Waals surface area contributed by atoms with Crippen molar-refractivity contribution in [2.24, 2.45) is 0 Å². The van der Waals surface area contributed by atoms with Gasteiger partial charge in [-0.25, -0.2) is 4.98 Å². The molecule has 0 radical (unpaired) electrons. The van der Waals surface area contributed by atoms with Crippen molar-refractivity contribution in [2.75, 3.05) is 6.61 Å². The summed E-state index contributed by atoms with van der Waals surface area (Å²) < 4.78 is 12.9. The number of fused-ring (bicyclic) bond motifs is 2. The van der Waals surface area contributed by atoms with Crippen molar-refractivity contribution in [1.29, 1.82) is 0 Å². The second kappa shape index (κ2) is 6.10. The zero-order chi connectivity index (χ0) is 18.3. The molecule has 26 heavy (non-hydrogen) atoms. The van der Waals surface area contributed by atoms with Gasteiger partial charge in [0.2, 0.25) is 0 Å². The maximum atomic E-state index is 12.5. The van der Waals surface area contributed by atoms with Crippen LogP contribution in [0.1, 0.15) is 35.9 Å². The zero-order valence-electron chi connectivity index (χ0n) is 14.6. The molecule has 0 atom stereocenters. The molecule has 0 aliphatic carbocycles. The fourth-order valence-corrected chi connectivity index (χ4v) is 3.14. The number of furan rings is 1. The minimum absolute atomic E-state index is 0.0796. The van der Waals surface area contributed by atoms with Gasteiger partial charge < -0.3 is 14.5 Å². The number of hydrogen-bond acceptors (Lipinski definition) is 5. The first-order valence-corrected chi connectivity index (χ1v) is 8.46. The van der Waals surface area contributed by atoms with E-state index in [0.717, 1.165) is 11.0 Å². The Morgan fingerprint density at radius 2 is 2.12 bits per heavy atom. The third-order valence-electron chi connectivity index (χ3n) is 4.46. The van der Waals surface area contributed by atoms with Crippen molar-refractivity contribution in [3.05, 3.63) is 64.0 Å². The molecule has 1 N–H and O–H groups in total. The summed E-state index contributed by atoms with van der Waals surface area (Å²) in [6.07, 6.45) is 0. The number of rotatable bonds is 3. The normalized spacial score (nSPS) is 15.6. The predicted octanol–water partition coefficient (Wildman–Crippen LogP) is 2.18. The Balaban J connectivity index is 1.56. The Bertz CT molecular complexity index is 1020. The van der Waals surface area contributed by atoms with Crippen molar-refractivity contribution >= 4 is 16.9 Å². The monoisotopic (exact) mass is 353 g/mol. The Hall–Kier alpha value is -2.93. The molecule has 1 aliphatic rings. The summed E-state index contributed by atoms with van der Waals surface area (Å²) in [4.78, 5) is 29.2. The van der Waals surface area contributed by atoms with Crippen molar-refractivity contribution in [1.82, 2.24) is 14.9 Å². The Morgan fingerprint density at radius 1 is 1.31 bits per heavy atom. The van der Waals surface area contributed by atoms with E-state index in [0.29, 0.717) is 24.7 Å². The second-order valence-electron chi connectivity index (χ2n) is 6.75. The summed E-state index contributed by atoms with van der Waals surface area (Å²) in [6.45, 7) is 4.76. The predicted molar refractivity (Wildman–Crippen MR) is 94.9 cm³/mol. The molecule has 2 aromatic heterocycles. The molecule has 3 aromatic rings. The van der Waals surface area contributed by atoms with Crippen LogP contribution in [0.4, 0.5) is 0 Å². The van der Waals surface area contributed by atoms with E-state index >= 15 is 0 Å². The van der Waals surface area contributed by atoms with Crippen molar-refractivity contribution in [3.63, 3.8) is 0 Å². The van der Waals surface area contributed by atoms with E-state index in [9.17, 15) is 9.59 Å². The lowest BCUT2D eigenvalue weighted by Gasteiger charge is -2.32. The molecule has 134 valence electrons. The summed E-state index contributed by atoms with van der Waals surface area (Å²) in [7, 11) is 0. The Kier molecular flexibility index (Phi) is 3.88. The summed E-state index contributed by atoms with van der Waals surface area (Å²) >= 11 is 0. The van der Waals surface area contributed by atoms with Gasteiger partial charge in [0.1, 0.15) is 28.5 Å². The van der Waals surface area contributed by atoms with Crippen LogP contribution in [-0.4, -0.2) is 22.1 Å². The smallest absolute Gasteiger partial charge is 0.270 e. The number of carbonyl (C=O) groups is 1. The minimum Gasteiger partial charge on any atom is -0.459 e. The molecular weight excluding hydrogens is 334 g/mol. The maximum Gasteiger partial charge on any atom is 0.270 e. The van der Waals surface area contributed by atoms with Gasteiger partial charge in [-0.1, -0.05) is 18.2 Å². The van der Waals surface area contributed by atoms with Crippen LogP contribution in [0.2, 0.25) is 0 Å². The lowest BCUT2D eigenvalue weighted by Crippen LogP contribution is -2.42. The van der Waals surface area contributed by atoms with Gasteiger partial charge in [-0.2, -0.15) is 0 Å². The van der Waals surface area contributed by atoms with Crippen LogP contribution in [0.5, 0.6) is 0 Å². The number of ether oxygens (including phenoxy) is 1. The molecule has 4 rings (SSSR count).